The molecule has 0 saturated carbocycles. The number of anilines is 1. The third-order valence-corrected chi connectivity index (χ3v) is 5.91. The summed E-state index contributed by atoms with van der Waals surface area (Å²) < 4.78 is 25.4. The predicted molar refractivity (Wildman–Crippen MR) is 82.5 cm³/mol. The van der Waals surface area contributed by atoms with Crippen molar-refractivity contribution in [2.45, 2.75) is 25.7 Å². The van der Waals surface area contributed by atoms with Crippen LogP contribution in [0.4, 0.5) is 5.13 Å². The molecule has 1 aliphatic rings. The van der Waals surface area contributed by atoms with Gasteiger partial charge in [0.25, 0.3) is 0 Å². The Kier molecular flexibility index (Phi) is 5.54. The number of aryl methyl sites for hydroxylation is 1. The quantitative estimate of drug-likeness (QED) is 0.742. The van der Waals surface area contributed by atoms with Gasteiger partial charge in [-0.1, -0.05) is 0 Å². The lowest BCUT2D eigenvalue weighted by atomic mass is 10.2. The second-order valence-corrected chi connectivity index (χ2v) is 7.93. The molecule has 2 heterocycles. The normalized spacial score (nSPS) is 16.2. The number of carbonyl (C=O) groups is 1. The van der Waals surface area contributed by atoms with Crippen LogP contribution in [0.25, 0.3) is 0 Å². The molecule has 1 amide bonds. The molecule has 9 heteroatoms. The number of nitrogens with one attached hydrogen (secondary N) is 1. The number of thiazole rings is 1. The van der Waals surface area contributed by atoms with E-state index in [0.717, 1.165) is 18.5 Å². The number of amides is 1. The van der Waals surface area contributed by atoms with E-state index < -0.39 is 10.0 Å². The number of sulfonamides is 1. The zero-order valence-electron chi connectivity index (χ0n) is 11.7. The maximum absolute atomic E-state index is 11.9. The summed E-state index contributed by atoms with van der Waals surface area (Å²) in [6.45, 7) is 1.35. The van der Waals surface area contributed by atoms with Gasteiger partial charge >= 0.3 is 0 Å². The van der Waals surface area contributed by atoms with Crippen molar-refractivity contribution >= 4 is 32.4 Å². The van der Waals surface area contributed by atoms with Gasteiger partial charge in [0.2, 0.25) is 15.9 Å². The van der Waals surface area contributed by atoms with Gasteiger partial charge in [0.1, 0.15) is 0 Å². The minimum absolute atomic E-state index is 0.0393. The highest BCUT2D eigenvalue weighted by Crippen LogP contribution is 2.13. The zero-order chi connectivity index (χ0) is 15.3. The molecule has 7 nitrogen and oxygen atoms in total. The van der Waals surface area contributed by atoms with E-state index in [9.17, 15) is 13.2 Å². The molecule has 1 aromatic rings. The van der Waals surface area contributed by atoms with E-state index in [4.69, 9.17) is 5.73 Å². The molecule has 1 fully saturated rings. The Bertz CT molecular complexity index is 579. The third kappa shape index (κ3) is 4.94. The summed E-state index contributed by atoms with van der Waals surface area (Å²) in [7, 11) is -3.23. The molecule has 0 spiro atoms. The highest BCUT2D eigenvalue weighted by molar-refractivity contribution is 7.89. The Labute approximate surface area is 128 Å². The van der Waals surface area contributed by atoms with E-state index >= 15 is 0 Å². The van der Waals surface area contributed by atoms with Crippen LogP contribution in [0.2, 0.25) is 0 Å². The molecule has 0 bridgehead atoms. The molecular weight excluding hydrogens is 312 g/mol. The van der Waals surface area contributed by atoms with Crippen LogP contribution in [-0.2, 0) is 21.2 Å². The summed E-state index contributed by atoms with van der Waals surface area (Å²) in [5.74, 6) is -0.208. The first-order chi connectivity index (χ1) is 9.97. The first kappa shape index (κ1) is 16.2. The summed E-state index contributed by atoms with van der Waals surface area (Å²) in [5.41, 5.74) is 6.30. The monoisotopic (exact) mass is 332 g/mol. The van der Waals surface area contributed by atoms with Crippen molar-refractivity contribution in [1.29, 1.82) is 0 Å². The molecular formula is C12H20N4O3S2. The minimum atomic E-state index is -3.23. The summed E-state index contributed by atoms with van der Waals surface area (Å²) in [4.78, 5) is 15.7. The topological polar surface area (TPSA) is 105 Å². The lowest BCUT2D eigenvalue weighted by molar-refractivity contribution is -0.120. The number of carbonyl (C=O) groups excluding carboxylic acids is 1. The van der Waals surface area contributed by atoms with Crippen molar-refractivity contribution in [3.05, 3.63) is 11.1 Å². The number of hydrogen-bond donors (Lipinski definition) is 2. The Morgan fingerprint density at radius 2 is 2.14 bits per heavy atom. The van der Waals surface area contributed by atoms with Gasteiger partial charge in [0.05, 0.1) is 11.4 Å². The third-order valence-electron chi connectivity index (χ3n) is 3.32. The average Bonchev–Trinajstić information content (AvgIpc) is 3.07. The molecule has 0 aromatic carbocycles. The van der Waals surface area contributed by atoms with Crippen molar-refractivity contribution in [2.24, 2.45) is 0 Å². The summed E-state index contributed by atoms with van der Waals surface area (Å²) in [6, 6.07) is 0. The Hall–Kier alpha value is -1.19. The molecule has 0 radical (unpaired) electrons. The molecule has 2 rings (SSSR count). The van der Waals surface area contributed by atoms with Crippen molar-refractivity contribution in [2.75, 3.05) is 31.1 Å². The highest BCUT2D eigenvalue weighted by atomic mass is 32.2. The Morgan fingerprint density at radius 3 is 2.76 bits per heavy atom. The van der Waals surface area contributed by atoms with Crippen LogP contribution < -0.4 is 11.1 Å². The van der Waals surface area contributed by atoms with E-state index in [0.29, 0.717) is 24.6 Å². The fraction of sp³-hybridized carbons (Fsp3) is 0.667. The first-order valence-electron chi connectivity index (χ1n) is 6.92. The van der Waals surface area contributed by atoms with Gasteiger partial charge in [-0.3, -0.25) is 4.79 Å². The summed E-state index contributed by atoms with van der Waals surface area (Å²) >= 11 is 1.34. The summed E-state index contributed by atoms with van der Waals surface area (Å²) in [5, 5.41) is 4.95. The van der Waals surface area contributed by atoms with Crippen LogP contribution in [-0.4, -0.2) is 49.0 Å². The number of nitrogens with two attached hydrogens (primary N) is 1. The molecule has 1 aliphatic heterocycles. The molecule has 3 N–H and O–H groups in total. The molecule has 1 saturated heterocycles. The first-order valence-corrected chi connectivity index (χ1v) is 9.41. The summed E-state index contributed by atoms with van der Waals surface area (Å²) in [6.07, 6.45) is 2.63. The zero-order valence-corrected chi connectivity index (χ0v) is 13.4. The van der Waals surface area contributed by atoms with Gasteiger partial charge in [-0.2, -0.15) is 0 Å². The minimum Gasteiger partial charge on any atom is -0.375 e. The van der Waals surface area contributed by atoms with Gasteiger partial charge in [-0.25, -0.2) is 17.7 Å². The number of nitrogens with zero attached hydrogens (tertiary/aromatic N) is 2. The van der Waals surface area contributed by atoms with Crippen molar-refractivity contribution in [3.8, 4) is 0 Å². The number of rotatable bonds is 7. The molecule has 0 atom stereocenters. The largest absolute Gasteiger partial charge is 0.375 e. The average molecular weight is 332 g/mol. The van der Waals surface area contributed by atoms with E-state index in [1.807, 2.05) is 5.38 Å². The SMILES string of the molecule is Nc1nc(CCC(=O)NCCS(=O)(=O)N2CCCC2)cs1. The van der Waals surface area contributed by atoms with E-state index in [2.05, 4.69) is 10.3 Å². The number of hydrogen-bond acceptors (Lipinski definition) is 6. The van der Waals surface area contributed by atoms with Crippen LogP contribution in [0.15, 0.2) is 5.38 Å². The van der Waals surface area contributed by atoms with Crippen molar-refractivity contribution in [3.63, 3.8) is 0 Å². The Morgan fingerprint density at radius 1 is 1.43 bits per heavy atom. The van der Waals surface area contributed by atoms with Gasteiger partial charge in [0.15, 0.2) is 5.13 Å². The second-order valence-electron chi connectivity index (χ2n) is 4.95. The molecule has 1 aromatic heterocycles. The lowest BCUT2D eigenvalue weighted by Crippen LogP contribution is -2.36. The van der Waals surface area contributed by atoms with Gasteiger partial charge in [-0.05, 0) is 19.3 Å². The van der Waals surface area contributed by atoms with Crippen LogP contribution in [0.3, 0.4) is 0 Å². The van der Waals surface area contributed by atoms with Crippen molar-refractivity contribution < 1.29 is 13.2 Å². The molecule has 0 aliphatic carbocycles. The smallest absolute Gasteiger partial charge is 0.220 e. The Balaban J connectivity index is 1.67. The fourth-order valence-electron chi connectivity index (χ4n) is 2.18. The lowest BCUT2D eigenvalue weighted by Gasteiger charge is -2.15. The molecule has 0 unspecified atom stereocenters. The van der Waals surface area contributed by atoms with Crippen LogP contribution in [0.5, 0.6) is 0 Å². The predicted octanol–water partition coefficient (Wildman–Crippen LogP) is 0.200. The van der Waals surface area contributed by atoms with Gasteiger partial charge in [-0.15, -0.1) is 11.3 Å². The van der Waals surface area contributed by atoms with E-state index in [1.54, 1.807) is 0 Å². The highest BCUT2D eigenvalue weighted by Gasteiger charge is 2.24. The number of nitrogen functional groups attached to an aromatic ring is 1. The van der Waals surface area contributed by atoms with Crippen molar-refractivity contribution in [1.82, 2.24) is 14.6 Å². The van der Waals surface area contributed by atoms with Crippen LogP contribution >= 0.6 is 11.3 Å². The second kappa shape index (κ2) is 7.19. The van der Waals surface area contributed by atoms with Crippen LogP contribution in [0, 0.1) is 0 Å². The molecule has 118 valence electrons. The number of aromatic nitrogens is 1. The van der Waals surface area contributed by atoms with E-state index in [1.165, 1.54) is 15.6 Å². The maximum atomic E-state index is 11.9. The van der Waals surface area contributed by atoms with E-state index in [-0.39, 0.29) is 24.6 Å². The standard InChI is InChI=1S/C12H20N4O3S2/c13-12-15-10(9-20-12)3-4-11(17)14-5-8-21(18,19)16-6-1-2-7-16/h9H,1-8H2,(H2,13,15)(H,14,17). The van der Waals surface area contributed by atoms with Crippen LogP contribution in [0.1, 0.15) is 25.0 Å². The van der Waals surface area contributed by atoms with Gasteiger partial charge < -0.3 is 11.1 Å². The van der Waals surface area contributed by atoms with Gasteiger partial charge in [0, 0.05) is 31.4 Å². The fourth-order valence-corrected chi connectivity index (χ4v) is 4.21. The maximum Gasteiger partial charge on any atom is 0.220 e. The molecule has 21 heavy (non-hydrogen) atoms.